The Labute approximate surface area is 141 Å². The molecule has 0 bridgehead atoms. The fourth-order valence-electron chi connectivity index (χ4n) is 2.05. The molecule has 0 saturated carbocycles. The summed E-state index contributed by atoms with van der Waals surface area (Å²) in [6.07, 6.45) is 3.83. The number of ether oxygens (including phenoxy) is 1. The number of thioether (sulfide) groups is 1. The molecule has 1 fully saturated rings. The van der Waals surface area contributed by atoms with Gasteiger partial charge < -0.3 is 10.1 Å². The third-order valence-electron chi connectivity index (χ3n) is 3.31. The van der Waals surface area contributed by atoms with Crippen molar-refractivity contribution in [3.8, 4) is 0 Å². The summed E-state index contributed by atoms with van der Waals surface area (Å²) in [5.41, 5.74) is 3.88. The Morgan fingerprint density at radius 1 is 1.36 bits per heavy atom. The van der Waals surface area contributed by atoms with Gasteiger partial charge in [-0.2, -0.15) is 5.10 Å². The van der Waals surface area contributed by atoms with Crippen molar-refractivity contribution in [1.29, 1.82) is 0 Å². The van der Waals surface area contributed by atoms with E-state index in [2.05, 4.69) is 39.1 Å². The molecule has 0 aromatic heterocycles. The summed E-state index contributed by atoms with van der Waals surface area (Å²) in [6, 6.07) is 8.22. The second-order valence-corrected chi connectivity index (χ2v) is 6.14. The van der Waals surface area contributed by atoms with Crippen molar-refractivity contribution in [1.82, 2.24) is 15.6 Å². The topological polar surface area (TPSA) is 48.9 Å². The molecule has 1 heterocycles. The van der Waals surface area contributed by atoms with Crippen molar-refractivity contribution in [3.63, 3.8) is 0 Å². The van der Waals surface area contributed by atoms with Gasteiger partial charge in [0.05, 0.1) is 19.4 Å². The first-order valence-electron chi connectivity index (χ1n) is 7.29. The Balaban J connectivity index is 1.62. The Morgan fingerprint density at radius 2 is 2.09 bits per heavy atom. The van der Waals surface area contributed by atoms with E-state index in [9.17, 15) is 0 Å². The monoisotopic (exact) mass is 338 g/mol. The highest BCUT2D eigenvalue weighted by molar-refractivity contribution is 7.98. The van der Waals surface area contributed by atoms with Crippen LogP contribution in [-0.2, 0) is 4.74 Å². The number of morpholine rings is 1. The molecule has 0 atom stereocenters. The number of nitrogens with one attached hydrogen (secondary N) is 2. The van der Waals surface area contributed by atoms with Crippen molar-refractivity contribution in [2.75, 3.05) is 45.6 Å². The van der Waals surface area contributed by atoms with Gasteiger partial charge in [0.25, 0.3) is 0 Å². The zero-order chi connectivity index (χ0) is 15.6. The van der Waals surface area contributed by atoms with E-state index >= 15 is 0 Å². The summed E-state index contributed by atoms with van der Waals surface area (Å²) in [6.45, 7) is 5.40. The van der Waals surface area contributed by atoms with E-state index in [4.69, 9.17) is 17.0 Å². The highest BCUT2D eigenvalue weighted by atomic mass is 32.2. The second kappa shape index (κ2) is 9.78. The summed E-state index contributed by atoms with van der Waals surface area (Å²) in [5.74, 6) is 0. The average Bonchev–Trinajstić information content (AvgIpc) is 2.56. The van der Waals surface area contributed by atoms with Crippen LogP contribution in [-0.4, -0.2) is 61.9 Å². The summed E-state index contributed by atoms with van der Waals surface area (Å²) in [7, 11) is 0. The molecule has 0 radical (unpaired) electrons. The molecule has 120 valence electrons. The standard InChI is InChI=1S/C15H22N4OS2/c1-22-14-4-2-13(3-5-14)12-17-18-15(21)16-6-7-19-8-10-20-11-9-19/h2-5,12H,6-11H2,1H3,(H2,16,18,21)/b17-12-. The Hall–Kier alpha value is -1.15. The number of rotatable bonds is 6. The molecule has 7 heteroatoms. The number of hydrogen-bond donors (Lipinski definition) is 2. The van der Waals surface area contributed by atoms with E-state index in [1.54, 1.807) is 18.0 Å². The lowest BCUT2D eigenvalue weighted by molar-refractivity contribution is 0.0389. The Morgan fingerprint density at radius 3 is 2.77 bits per heavy atom. The van der Waals surface area contributed by atoms with Crippen molar-refractivity contribution in [2.45, 2.75) is 4.90 Å². The lowest BCUT2D eigenvalue weighted by Crippen LogP contribution is -2.42. The van der Waals surface area contributed by atoms with Crippen LogP contribution in [0, 0.1) is 0 Å². The molecule has 1 aromatic carbocycles. The van der Waals surface area contributed by atoms with Gasteiger partial charge in [-0.25, -0.2) is 0 Å². The van der Waals surface area contributed by atoms with Crippen LogP contribution in [0.5, 0.6) is 0 Å². The predicted octanol–water partition coefficient (Wildman–Crippen LogP) is 1.54. The van der Waals surface area contributed by atoms with Gasteiger partial charge in [0, 0.05) is 31.1 Å². The van der Waals surface area contributed by atoms with E-state index in [0.717, 1.165) is 45.0 Å². The van der Waals surface area contributed by atoms with Crippen molar-refractivity contribution in [3.05, 3.63) is 29.8 Å². The summed E-state index contributed by atoms with van der Waals surface area (Å²) in [4.78, 5) is 3.60. The minimum atomic E-state index is 0.547. The van der Waals surface area contributed by atoms with Gasteiger partial charge in [-0.3, -0.25) is 10.3 Å². The molecule has 2 N–H and O–H groups in total. The van der Waals surface area contributed by atoms with Gasteiger partial charge in [0.1, 0.15) is 0 Å². The zero-order valence-electron chi connectivity index (χ0n) is 12.7. The van der Waals surface area contributed by atoms with E-state index in [1.807, 2.05) is 12.1 Å². The molecular weight excluding hydrogens is 316 g/mol. The van der Waals surface area contributed by atoms with Gasteiger partial charge in [-0.1, -0.05) is 12.1 Å². The third kappa shape index (κ3) is 6.31. The van der Waals surface area contributed by atoms with E-state index < -0.39 is 0 Å². The molecule has 5 nitrogen and oxygen atoms in total. The van der Waals surface area contributed by atoms with Gasteiger partial charge in [-0.15, -0.1) is 11.8 Å². The Bertz CT molecular complexity index is 487. The van der Waals surface area contributed by atoms with Crippen LogP contribution in [0.4, 0.5) is 0 Å². The number of benzene rings is 1. The van der Waals surface area contributed by atoms with Crippen LogP contribution in [0.15, 0.2) is 34.3 Å². The number of nitrogens with zero attached hydrogens (tertiary/aromatic N) is 2. The lowest BCUT2D eigenvalue weighted by Gasteiger charge is -2.26. The molecule has 1 aliphatic rings. The molecule has 1 aliphatic heterocycles. The summed E-state index contributed by atoms with van der Waals surface area (Å²) >= 11 is 6.92. The van der Waals surface area contributed by atoms with Gasteiger partial charge >= 0.3 is 0 Å². The molecule has 1 aromatic rings. The molecule has 2 rings (SSSR count). The zero-order valence-corrected chi connectivity index (χ0v) is 14.4. The first-order valence-corrected chi connectivity index (χ1v) is 8.92. The normalized spacial score (nSPS) is 15.9. The summed E-state index contributed by atoms with van der Waals surface area (Å²) < 4.78 is 5.32. The maximum absolute atomic E-state index is 5.32. The molecule has 1 saturated heterocycles. The highest BCUT2D eigenvalue weighted by Gasteiger charge is 2.09. The maximum Gasteiger partial charge on any atom is 0.187 e. The molecule has 0 unspecified atom stereocenters. The molecule has 22 heavy (non-hydrogen) atoms. The largest absolute Gasteiger partial charge is 0.379 e. The van der Waals surface area contributed by atoms with Gasteiger partial charge in [0.15, 0.2) is 5.11 Å². The minimum absolute atomic E-state index is 0.547. The van der Waals surface area contributed by atoms with Crippen molar-refractivity contribution in [2.24, 2.45) is 5.10 Å². The van der Waals surface area contributed by atoms with Crippen LogP contribution in [0.2, 0.25) is 0 Å². The van der Waals surface area contributed by atoms with Crippen LogP contribution in [0.3, 0.4) is 0 Å². The fraction of sp³-hybridized carbons (Fsp3) is 0.467. The first kappa shape index (κ1) is 17.2. The van der Waals surface area contributed by atoms with Crippen LogP contribution in [0.1, 0.15) is 5.56 Å². The van der Waals surface area contributed by atoms with E-state index in [1.165, 1.54) is 4.90 Å². The number of thiocarbonyl (C=S) groups is 1. The van der Waals surface area contributed by atoms with Crippen molar-refractivity contribution >= 4 is 35.3 Å². The lowest BCUT2D eigenvalue weighted by atomic mass is 10.2. The minimum Gasteiger partial charge on any atom is -0.379 e. The van der Waals surface area contributed by atoms with E-state index in [-0.39, 0.29) is 0 Å². The van der Waals surface area contributed by atoms with Gasteiger partial charge in [-0.05, 0) is 36.2 Å². The first-order chi connectivity index (χ1) is 10.8. The van der Waals surface area contributed by atoms with Crippen molar-refractivity contribution < 1.29 is 4.74 Å². The number of hydrazone groups is 1. The van der Waals surface area contributed by atoms with E-state index in [0.29, 0.717) is 5.11 Å². The predicted molar refractivity (Wildman–Crippen MR) is 96.8 cm³/mol. The molecule has 0 spiro atoms. The maximum atomic E-state index is 5.32. The Kier molecular flexibility index (Phi) is 7.65. The summed E-state index contributed by atoms with van der Waals surface area (Å²) in [5, 5.41) is 7.85. The quantitative estimate of drug-likeness (QED) is 0.355. The fourth-order valence-corrected chi connectivity index (χ4v) is 2.61. The average molecular weight is 339 g/mol. The van der Waals surface area contributed by atoms with Crippen LogP contribution >= 0.6 is 24.0 Å². The molecule has 0 aliphatic carbocycles. The molecule has 0 amide bonds. The second-order valence-electron chi connectivity index (χ2n) is 4.85. The van der Waals surface area contributed by atoms with Gasteiger partial charge in [0.2, 0.25) is 0 Å². The molecular formula is C15H22N4OS2. The van der Waals surface area contributed by atoms with Crippen LogP contribution < -0.4 is 10.7 Å². The number of hydrogen-bond acceptors (Lipinski definition) is 5. The third-order valence-corrected chi connectivity index (χ3v) is 4.29. The highest BCUT2D eigenvalue weighted by Crippen LogP contribution is 2.13. The SMILES string of the molecule is CSc1ccc(/C=N\NC(=S)NCCN2CCOCC2)cc1. The smallest absolute Gasteiger partial charge is 0.187 e. The van der Waals surface area contributed by atoms with Crippen LogP contribution in [0.25, 0.3) is 0 Å².